The van der Waals surface area contributed by atoms with Crippen molar-refractivity contribution < 1.29 is 0 Å². The number of aromatic nitrogens is 4. The van der Waals surface area contributed by atoms with Gasteiger partial charge in [-0.15, -0.1) is 22.7 Å². The summed E-state index contributed by atoms with van der Waals surface area (Å²) >= 11 is 3.64. The van der Waals surface area contributed by atoms with E-state index in [0.717, 1.165) is 55.7 Å². The van der Waals surface area contributed by atoms with Crippen molar-refractivity contribution in [1.82, 2.24) is 19.9 Å². The average Bonchev–Trinajstić information content (AvgIpc) is 3.79. The Kier molecular flexibility index (Phi) is 6.30. The highest BCUT2D eigenvalue weighted by molar-refractivity contribution is 7.15. The second-order valence-corrected chi connectivity index (χ2v) is 15.5. The van der Waals surface area contributed by atoms with Gasteiger partial charge in [0.1, 0.15) is 0 Å². The lowest BCUT2D eigenvalue weighted by Gasteiger charge is -2.21. The second kappa shape index (κ2) is 10.5. The fourth-order valence-electron chi connectivity index (χ4n) is 6.74. The van der Waals surface area contributed by atoms with Gasteiger partial charge in [-0.05, 0) is 95.8 Å². The van der Waals surface area contributed by atoms with Gasteiger partial charge in [0, 0.05) is 59.2 Å². The van der Waals surface area contributed by atoms with Gasteiger partial charge in [-0.1, -0.05) is 62.4 Å². The minimum absolute atomic E-state index is 0.264. The van der Waals surface area contributed by atoms with E-state index in [2.05, 4.69) is 125 Å². The Morgan fingerprint density at radius 2 is 0.872 bits per heavy atom. The molecule has 0 aliphatic heterocycles. The molecule has 0 bridgehead atoms. The lowest BCUT2D eigenvalue weighted by molar-refractivity contribution is 0.659. The molecular weight excluding hydrogens is 613 g/mol. The third kappa shape index (κ3) is 4.70. The van der Waals surface area contributed by atoms with Crippen molar-refractivity contribution in [1.29, 1.82) is 0 Å². The molecule has 8 aromatic rings. The molecule has 0 fully saturated rings. The fraction of sp³-hybridized carbons (Fsp3) is 0.122. The molecule has 9 rings (SSSR count). The van der Waals surface area contributed by atoms with E-state index in [0.29, 0.717) is 0 Å². The number of hydrogen-bond acceptors (Lipinski definition) is 6. The molecule has 0 unspecified atom stereocenters. The molecule has 6 aromatic heterocycles. The van der Waals surface area contributed by atoms with Crippen LogP contribution in [0.25, 0.3) is 76.6 Å². The monoisotopic (exact) mass is 642 g/mol. The summed E-state index contributed by atoms with van der Waals surface area (Å²) in [5, 5.41) is 2.07. The maximum atomic E-state index is 5.09. The van der Waals surface area contributed by atoms with E-state index in [1.54, 1.807) is 0 Å². The van der Waals surface area contributed by atoms with Crippen molar-refractivity contribution in [3.05, 3.63) is 130 Å². The lowest BCUT2D eigenvalue weighted by Crippen LogP contribution is -2.15. The highest BCUT2D eigenvalue weighted by Gasteiger charge is 2.38. The Bertz CT molecular complexity index is 2330. The Hall–Kier alpha value is -5.04. The van der Waals surface area contributed by atoms with E-state index in [1.807, 2.05) is 35.1 Å². The third-order valence-electron chi connectivity index (χ3n) is 9.39. The molecule has 0 saturated heterocycles. The van der Waals surface area contributed by atoms with Crippen molar-refractivity contribution in [2.75, 3.05) is 0 Å². The van der Waals surface area contributed by atoms with Gasteiger partial charge in [0.15, 0.2) is 11.3 Å². The van der Waals surface area contributed by atoms with E-state index in [1.165, 1.54) is 41.8 Å². The van der Waals surface area contributed by atoms with E-state index < -0.39 is 0 Å². The first-order chi connectivity index (χ1) is 22.8. The Labute approximate surface area is 281 Å². The minimum Gasteiger partial charge on any atom is -0.236 e. The standard InChI is InChI=1S/C41H30N4S2/c1-23-5-15-35(46-23)27-11-7-25(8-12-27)31-17-29-19-33-37(44-39(29)42-21-31)38-34(41(33,3)4)20-30-18-32(22-43-40(30)45-38)26-9-13-28(14-10-26)36-16-6-24(2)47-36/h5-22H,1-4H3. The van der Waals surface area contributed by atoms with Gasteiger partial charge in [0.05, 0.1) is 11.4 Å². The maximum absolute atomic E-state index is 5.09. The van der Waals surface area contributed by atoms with Crippen LogP contribution >= 0.6 is 22.7 Å². The van der Waals surface area contributed by atoms with E-state index in [-0.39, 0.29) is 5.41 Å². The molecule has 0 saturated carbocycles. The molecule has 4 nitrogen and oxygen atoms in total. The smallest absolute Gasteiger partial charge is 0.159 e. The molecule has 0 radical (unpaired) electrons. The highest BCUT2D eigenvalue weighted by atomic mass is 32.1. The second-order valence-electron chi connectivity index (χ2n) is 12.9. The first-order valence-corrected chi connectivity index (χ1v) is 17.4. The van der Waals surface area contributed by atoms with E-state index >= 15 is 0 Å². The van der Waals surface area contributed by atoms with Gasteiger partial charge >= 0.3 is 0 Å². The van der Waals surface area contributed by atoms with Crippen molar-refractivity contribution in [2.45, 2.75) is 33.1 Å². The van der Waals surface area contributed by atoms with Crippen LogP contribution in [0.2, 0.25) is 0 Å². The van der Waals surface area contributed by atoms with Gasteiger partial charge in [-0.2, -0.15) is 0 Å². The topological polar surface area (TPSA) is 51.6 Å². The van der Waals surface area contributed by atoms with Crippen LogP contribution in [0, 0.1) is 13.8 Å². The van der Waals surface area contributed by atoms with Gasteiger partial charge < -0.3 is 0 Å². The molecule has 1 aliphatic rings. The van der Waals surface area contributed by atoms with Gasteiger partial charge in [-0.3, -0.25) is 0 Å². The van der Waals surface area contributed by atoms with Crippen molar-refractivity contribution in [3.63, 3.8) is 0 Å². The van der Waals surface area contributed by atoms with Crippen molar-refractivity contribution in [2.24, 2.45) is 0 Å². The van der Waals surface area contributed by atoms with Crippen molar-refractivity contribution >= 4 is 44.7 Å². The number of benzene rings is 2. The Morgan fingerprint density at radius 1 is 0.468 bits per heavy atom. The van der Waals surface area contributed by atoms with Crippen LogP contribution in [0.5, 0.6) is 0 Å². The first kappa shape index (κ1) is 28.2. The Balaban J connectivity index is 1.06. The molecule has 6 heterocycles. The zero-order valence-corrected chi connectivity index (χ0v) is 28.1. The fourth-order valence-corrected chi connectivity index (χ4v) is 8.48. The van der Waals surface area contributed by atoms with E-state index in [9.17, 15) is 0 Å². The number of nitrogens with zero attached hydrogens (tertiary/aromatic N) is 4. The molecule has 47 heavy (non-hydrogen) atoms. The van der Waals surface area contributed by atoms with Crippen LogP contribution in [0.15, 0.2) is 109 Å². The highest BCUT2D eigenvalue weighted by Crippen LogP contribution is 2.48. The molecule has 0 N–H and O–H groups in total. The molecule has 226 valence electrons. The third-order valence-corrected chi connectivity index (χ3v) is 11.5. The zero-order chi connectivity index (χ0) is 31.9. The molecule has 0 atom stereocenters. The van der Waals surface area contributed by atoms with Crippen LogP contribution in [0.3, 0.4) is 0 Å². The Morgan fingerprint density at radius 3 is 1.26 bits per heavy atom. The summed E-state index contributed by atoms with van der Waals surface area (Å²) in [7, 11) is 0. The molecule has 6 heteroatoms. The largest absolute Gasteiger partial charge is 0.236 e. The quantitative estimate of drug-likeness (QED) is 0.192. The van der Waals surface area contributed by atoms with Crippen LogP contribution in [-0.4, -0.2) is 19.9 Å². The summed E-state index contributed by atoms with van der Waals surface area (Å²) in [5.41, 5.74) is 12.3. The number of fused-ring (bicyclic) bond motifs is 5. The molecule has 2 aromatic carbocycles. The summed E-state index contributed by atoms with van der Waals surface area (Å²) in [6, 6.07) is 35.2. The van der Waals surface area contributed by atoms with Crippen LogP contribution in [0.1, 0.15) is 34.7 Å². The summed E-state index contributed by atoms with van der Waals surface area (Å²) in [6.07, 6.45) is 3.86. The molecule has 0 amide bonds. The summed E-state index contributed by atoms with van der Waals surface area (Å²) in [6.45, 7) is 8.83. The number of rotatable bonds is 4. The zero-order valence-electron chi connectivity index (χ0n) is 26.5. The normalized spacial score (nSPS) is 13.3. The van der Waals surface area contributed by atoms with Crippen LogP contribution < -0.4 is 0 Å². The summed E-state index contributed by atoms with van der Waals surface area (Å²) in [4.78, 5) is 25.1. The van der Waals surface area contributed by atoms with E-state index in [4.69, 9.17) is 19.9 Å². The van der Waals surface area contributed by atoms with Gasteiger partial charge in [-0.25, -0.2) is 19.9 Å². The number of pyridine rings is 4. The van der Waals surface area contributed by atoms with Gasteiger partial charge in [0.25, 0.3) is 0 Å². The SMILES string of the molecule is Cc1ccc(-c2ccc(-c3cnc4nc5c(cc4c3)C(C)(C)c3cc4cc(-c6ccc(-c7ccc(C)s7)cc6)cnc4nc3-5)cc2)s1. The van der Waals surface area contributed by atoms with Gasteiger partial charge in [0.2, 0.25) is 0 Å². The lowest BCUT2D eigenvalue weighted by atomic mass is 9.82. The molecule has 1 aliphatic carbocycles. The summed E-state index contributed by atoms with van der Waals surface area (Å²) in [5.74, 6) is 0. The molecular formula is C41H30N4S2. The van der Waals surface area contributed by atoms with Crippen molar-refractivity contribution in [3.8, 4) is 54.5 Å². The average molecular weight is 643 g/mol. The molecule has 0 spiro atoms. The first-order valence-electron chi connectivity index (χ1n) is 15.8. The minimum atomic E-state index is -0.264. The predicted octanol–water partition coefficient (Wildman–Crippen LogP) is 11.3. The number of thiophene rings is 2. The van der Waals surface area contributed by atoms with Crippen LogP contribution in [-0.2, 0) is 5.41 Å². The van der Waals surface area contributed by atoms with Crippen LogP contribution in [0.4, 0.5) is 0 Å². The number of aryl methyl sites for hydroxylation is 2. The maximum Gasteiger partial charge on any atom is 0.159 e. The number of hydrogen-bond donors (Lipinski definition) is 0. The predicted molar refractivity (Wildman–Crippen MR) is 197 cm³/mol. The summed E-state index contributed by atoms with van der Waals surface area (Å²) < 4.78 is 0.